The number of ether oxygens (including phenoxy) is 1. The first-order valence-electron chi connectivity index (χ1n) is 12.8. The van der Waals surface area contributed by atoms with Crippen molar-refractivity contribution in [3.63, 3.8) is 0 Å². The predicted octanol–water partition coefficient (Wildman–Crippen LogP) is 7.27. The molecule has 0 saturated carbocycles. The number of hydrogen-bond donors (Lipinski definition) is 0. The van der Waals surface area contributed by atoms with Crippen LogP contribution in [0.5, 0.6) is 5.75 Å². The number of quaternary nitrogens is 1. The van der Waals surface area contributed by atoms with E-state index in [4.69, 9.17) is 9.57 Å². The van der Waals surface area contributed by atoms with E-state index in [1.165, 1.54) is 0 Å². The number of benzene rings is 3. The van der Waals surface area contributed by atoms with Crippen molar-refractivity contribution in [2.75, 3.05) is 24.6 Å². The number of carbonyl (C=O) groups excluding carboxylic acids is 1. The van der Waals surface area contributed by atoms with Gasteiger partial charge in [-0.15, -0.1) is 0 Å². The summed E-state index contributed by atoms with van der Waals surface area (Å²) in [7, 11) is 0. The van der Waals surface area contributed by atoms with Gasteiger partial charge in [-0.3, -0.25) is 4.84 Å². The van der Waals surface area contributed by atoms with Crippen LogP contribution in [0.4, 0.5) is 22.7 Å². The van der Waals surface area contributed by atoms with E-state index < -0.39 is 0 Å². The van der Waals surface area contributed by atoms with E-state index in [1.807, 2.05) is 37.3 Å². The Morgan fingerprint density at radius 2 is 1.64 bits per heavy atom. The van der Waals surface area contributed by atoms with Crippen molar-refractivity contribution < 1.29 is 14.4 Å². The Labute approximate surface area is 212 Å². The number of rotatable bonds is 8. The molecule has 0 amide bonds. The summed E-state index contributed by atoms with van der Waals surface area (Å²) in [6, 6.07) is 22.3. The molecule has 6 nitrogen and oxygen atoms in total. The lowest BCUT2D eigenvalue weighted by Crippen LogP contribution is -2.37. The molecule has 0 aliphatic carbocycles. The van der Waals surface area contributed by atoms with Crippen molar-refractivity contribution in [1.82, 2.24) is 9.21 Å². The number of fused-ring (bicyclic) bond motifs is 2. The topological polar surface area (TPSA) is 43.7 Å². The van der Waals surface area contributed by atoms with Gasteiger partial charge in [0.2, 0.25) is 17.1 Å². The first-order valence-corrected chi connectivity index (χ1v) is 12.8. The molecule has 1 aromatic heterocycles. The second-order valence-corrected chi connectivity index (χ2v) is 8.96. The fourth-order valence-corrected chi connectivity index (χ4v) is 5.65. The quantitative estimate of drug-likeness (QED) is 0.247. The van der Waals surface area contributed by atoms with Gasteiger partial charge in [0.05, 0.1) is 23.2 Å². The van der Waals surface area contributed by atoms with E-state index in [0.29, 0.717) is 17.9 Å². The van der Waals surface area contributed by atoms with Crippen molar-refractivity contribution in [2.45, 2.75) is 41.2 Å². The number of anilines is 1. The maximum Gasteiger partial charge on any atom is 0.405 e. The fraction of sp³-hybridized carbons (Fsp3) is 0.300. The van der Waals surface area contributed by atoms with Gasteiger partial charge in [0.1, 0.15) is 5.56 Å². The second-order valence-electron chi connectivity index (χ2n) is 8.96. The monoisotopic (exact) mass is 484 g/mol. The highest BCUT2D eigenvalue weighted by Crippen LogP contribution is 2.57. The van der Waals surface area contributed by atoms with Crippen LogP contribution in [0, 0.1) is 6.92 Å². The summed E-state index contributed by atoms with van der Waals surface area (Å²) >= 11 is 0. The zero-order chi connectivity index (χ0) is 25.4. The van der Waals surface area contributed by atoms with Crippen LogP contribution in [0.25, 0.3) is 10.9 Å². The molecule has 2 heterocycles. The summed E-state index contributed by atoms with van der Waals surface area (Å²) in [6.07, 6.45) is 0. The van der Waals surface area contributed by atoms with Crippen molar-refractivity contribution >= 4 is 39.6 Å². The van der Waals surface area contributed by atoms with Gasteiger partial charge in [0, 0.05) is 43.5 Å². The zero-order valence-electron chi connectivity index (χ0n) is 21.7. The Kier molecular flexibility index (Phi) is 6.22. The number of aromatic nitrogens is 1. The number of para-hydroxylation sites is 2. The summed E-state index contributed by atoms with van der Waals surface area (Å²) in [5.74, 6) is 0.368. The lowest BCUT2D eigenvalue weighted by atomic mass is 10.1. The molecule has 1 aliphatic rings. The number of nitrogens with zero attached hydrogens (tertiary/aromatic N) is 3. The van der Waals surface area contributed by atoms with Gasteiger partial charge in [0.15, 0.2) is 5.75 Å². The minimum Gasteiger partial charge on any atom is -0.488 e. The molecule has 1 unspecified atom stereocenters. The highest BCUT2D eigenvalue weighted by atomic mass is 16.8. The molecule has 5 rings (SSSR count). The Morgan fingerprint density at radius 1 is 0.917 bits per heavy atom. The molecule has 0 saturated heterocycles. The second kappa shape index (κ2) is 9.36. The smallest absolute Gasteiger partial charge is 0.405 e. The molecular formula is C30H34N3O3+. The lowest BCUT2D eigenvalue weighted by molar-refractivity contribution is -0.0148. The van der Waals surface area contributed by atoms with Crippen LogP contribution in [-0.2, 0) is 11.4 Å². The number of aryl methyl sites for hydroxylation is 1. The van der Waals surface area contributed by atoms with E-state index in [0.717, 1.165) is 59.0 Å². The molecule has 1 aliphatic heterocycles. The third-order valence-electron chi connectivity index (χ3n) is 7.22. The molecule has 0 radical (unpaired) electrons. The molecule has 0 spiro atoms. The zero-order valence-corrected chi connectivity index (χ0v) is 21.7. The van der Waals surface area contributed by atoms with Gasteiger partial charge in [-0.1, -0.05) is 24.3 Å². The molecule has 6 heteroatoms. The van der Waals surface area contributed by atoms with Crippen LogP contribution < -0.4 is 14.3 Å². The fourth-order valence-electron chi connectivity index (χ4n) is 5.65. The lowest BCUT2D eigenvalue weighted by Gasteiger charge is -2.31. The summed E-state index contributed by atoms with van der Waals surface area (Å²) in [4.78, 5) is 22.2. The van der Waals surface area contributed by atoms with Gasteiger partial charge in [0.25, 0.3) is 0 Å². The molecule has 36 heavy (non-hydrogen) atoms. The summed E-state index contributed by atoms with van der Waals surface area (Å²) in [6.45, 7) is 13.6. The molecule has 0 N–H and O–H groups in total. The van der Waals surface area contributed by atoms with Crippen molar-refractivity contribution in [3.05, 3.63) is 78.0 Å². The molecule has 1 atom stereocenters. The van der Waals surface area contributed by atoms with Crippen LogP contribution >= 0.6 is 0 Å². The minimum absolute atomic E-state index is 0.164. The predicted molar refractivity (Wildman–Crippen MR) is 146 cm³/mol. The Morgan fingerprint density at radius 3 is 2.36 bits per heavy atom. The highest BCUT2D eigenvalue weighted by molar-refractivity contribution is 6.06. The molecule has 0 fully saturated rings. The molecule has 4 aromatic rings. The van der Waals surface area contributed by atoms with Crippen LogP contribution in [0.15, 0.2) is 66.7 Å². The largest absolute Gasteiger partial charge is 0.488 e. The van der Waals surface area contributed by atoms with Gasteiger partial charge in [-0.05, 0) is 63.5 Å². The summed E-state index contributed by atoms with van der Waals surface area (Å²) < 4.78 is 8.39. The van der Waals surface area contributed by atoms with E-state index in [9.17, 15) is 4.79 Å². The maximum atomic E-state index is 13.4. The van der Waals surface area contributed by atoms with Gasteiger partial charge >= 0.3 is 5.97 Å². The van der Waals surface area contributed by atoms with Crippen LogP contribution in [0.1, 0.15) is 43.7 Å². The van der Waals surface area contributed by atoms with Gasteiger partial charge in [-0.2, -0.15) is 0 Å². The molecule has 186 valence electrons. The Balaban J connectivity index is 1.90. The molecule has 0 bridgehead atoms. The standard InChI is InChI=1S/C30H34N3O3/c1-6-31(7-2)22-18-19-27(28(20-22)35-9-4)33(26-17-13-11-15-24(26)30(34)36-33)29-21(5)32(8-3)25-16-12-10-14-23(25)29/h10-20H,6-9H2,1-5H3/q+1. The normalized spacial score (nSPS) is 16.8. The first-order chi connectivity index (χ1) is 17.5. The Hall–Kier alpha value is -3.77. The summed E-state index contributed by atoms with van der Waals surface area (Å²) in [5, 5.41) is 1.05. The first kappa shape index (κ1) is 23.9. The average molecular weight is 485 g/mol. The third-order valence-corrected chi connectivity index (χ3v) is 7.22. The highest BCUT2D eigenvalue weighted by Gasteiger charge is 2.55. The van der Waals surface area contributed by atoms with Gasteiger partial charge < -0.3 is 14.2 Å². The van der Waals surface area contributed by atoms with E-state index in [2.05, 4.69) is 73.6 Å². The molecular weight excluding hydrogens is 450 g/mol. The molecule has 3 aromatic carbocycles. The van der Waals surface area contributed by atoms with Crippen LogP contribution in [-0.4, -0.2) is 30.2 Å². The van der Waals surface area contributed by atoms with Crippen molar-refractivity contribution in [1.29, 1.82) is 0 Å². The van der Waals surface area contributed by atoms with Crippen molar-refractivity contribution in [2.24, 2.45) is 0 Å². The maximum absolute atomic E-state index is 13.4. The van der Waals surface area contributed by atoms with E-state index in [-0.39, 0.29) is 10.6 Å². The summed E-state index contributed by atoms with van der Waals surface area (Å²) in [5.41, 5.74) is 6.33. The SMILES string of the molecule is CCOc1cc(N(CC)CC)ccc1[N+]1(c2c(C)n(CC)c3ccccc23)OC(=O)c2ccccc21. The Bertz CT molecular complexity index is 1440. The van der Waals surface area contributed by atoms with Crippen LogP contribution in [0.3, 0.4) is 0 Å². The van der Waals surface area contributed by atoms with E-state index >= 15 is 0 Å². The number of carbonyl (C=O) groups is 1. The number of hydrogen-bond acceptors (Lipinski definition) is 4. The van der Waals surface area contributed by atoms with Crippen LogP contribution in [0.2, 0.25) is 0 Å². The van der Waals surface area contributed by atoms with Crippen molar-refractivity contribution in [3.8, 4) is 5.75 Å². The van der Waals surface area contributed by atoms with Gasteiger partial charge in [-0.25, -0.2) is 4.79 Å². The third kappa shape index (κ3) is 3.39. The minimum atomic E-state index is -0.339. The van der Waals surface area contributed by atoms with E-state index in [1.54, 1.807) is 0 Å². The average Bonchev–Trinajstić information content (AvgIpc) is 3.36.